The second-order valence-electron chi connectivity index (χ2n) is 5.64. The lowest BCUT2D eigenvalue weighted by atomic mass is 9.89. The first kappa shape index (κ1) is 14.9. The third-order valence-electron chi connectivity index (χ3n) is 3.93. The summed E-state index contributed by atoms with van der Waals surface area (Å²) in [6.45, 7) is 4.68. The van der Waals surface area contributed by atoms with Gasteiger partial charge in [0.25, 0.3) is 0 Å². The molecule has 1 aliphatic rings. The summed E-state index contributed by atoms with van der Waals surface area (Å²) in [7, 11) is 3.04. The first-order valence-electron chi connectivity index (χ1n) is 7.00. The molecule has 1 atom stereocenters. The van der Waals surface area contributed by atoms with Crippen molar-refractivity contribution in [1.82, 2.24) is 5.32 Å². The van der Waals surface area contributed by atoms with E-state index in [0.717, 1.165) is 17.7 Å². The predicted octanol–water partition coefficient (Wildman–Crippen LogP) is 2.39. The number of rotatable bonds is 6. The molecule has 4 heteroatoms. The van der Waals surface area contributed by atoms with E-state index in [9.17, 15) is 4.79 Å². The van der Waals surface area contributed by atoms with Crippen molar-refractivity contribution in [3.8, 4) is 5.75 Å². The molecule has 1 fully saturated rings. The summed E-state index contributed by atoms with van der Waals surface area (Å²) in [6.07, 6.45) is 2.46. The van der Waals surface area contributed by atoms with Crippen molar-refractivity contribution in [2.24, 2.45) is 5.92 Å². The third kappa shape index (κ3) is 2.96. The minimum absolute atomic E-state index is 0.290. The van der Waals surface area contributed by atoms with Crippen molar-refractivity contribution in [1.29, 1.82) is 0 Å². The number of nitrogens with one attached hydrogen (secondary N) is 1. The largest absolute Gasteiger partial charge is 0.496 e. The highest BCUT2D eigenvalue weighted by Crippen LogP contribution is 2.34. The monoisotopic (exact) mass is 277 g/mol. The Balaban J connectivity index is 2.38. The highest BCUT2D eigenvalue weighted by atomic mass is 16.5. The van der Waals surface area contributed by atoms with Gasteiger partial charge in [-0.25, -0.2) is 4.79 Å². The Hall–Kier alpha value is -1.55. The Morgan fingerprint density at radius 1 is 1.40 bits per heavy atom. The van der Waals surface area contributed by atoms with Crippen molar-refractivity contribution < 1.29 is 14.3 Å². The van der Waals surface area contributed by atoms with Crippen LogP contribution in [-0.2, 0) is 15.1 Å². The average molecular weight is 277 g/mol. The number of carbonyl (C=O) groups excluding carboxylic acids is 1. The molecule has 0 radical (unpaired) electrons. The van der Waals surface area contributed by atoms with Crippen LogP contribution in [0, 0.1) is 12.8 Å². The lowest BCUT2D eigenvalue weighted by Gasteiger charge is -2.30. The van der Waals surface area contributed by atoms with Gasteiger partial charge in [-0.05, 0) is 51.3 Å². The first-order chi connectivity index (χ1) is 9.51. The molecule has 0 amide bonds. The minimum Gasteiger partial charge on any atom is -0.496 e. The maximum atomic E-state index is 12.3. The molecular formula is C16H23NO3. The maximum Gasteiger partial charge on any atom is 0.330 e. The molecule has 1 unspecified atom stereocenters. The molecule has 2 rings (SSSR count). The summed E-state index contributed by atoms with van der Waals surface area (Å²) in [5.74, 6) is 1.09. The van der Waals surface area contributed by atoms with E-state index in [1.807, 2.05) is 32.0 Å². The molecule has 4 nitrogen and oxygen atoms in total. The van der Waals surface area contributed by atoms with Gasteiger partial charge in [0, 0.05) is 5.56 Å². The Morgan fingerprint density at radius 3 is 2.65 bits per heavy atom. The predicted molar refractivity (Wildman–Crippen MR) is 77.8 cm³/mol. The fourth-order valence-electron chi connectivity index (χ4n) is 2.36. The van der Waals surface area contributed by atoms with Gasteiger partial charge in [0.15, 0.2) is 0 Å². The van der Waals surface area contributed by atoms with Gasteiger partial charge in [-0.3, -0.25) is 5.32 Å². The van der Waals surface area contributed by atoms with Gasteiger partial charge < -0.3 is 9.47 Å². The Kier molecular flexibility index (Phi) is 4.33. The highest BCUT2D eigenvalue weighted by Gasteiger charge is 2.40. The smallest absolute Gasteiger partial charge is 0.330 e. The van der Waals surface area contributed by atoms with Crippen molar-refractivity contribution in [3.05, 3.63) is 29.3 Å². The topological polar surface area (TPSA) is 47.6 Å². The van der Waals surface area contributed by atoms with E-state index < -0.39 is 5.54 Å². The maximum absolute atomic E-state index is 12.3. The van der Waals surface area contributed by atoms with Crippen LogP contribution < -0.4 is 10.1 Å². The van der Waals surface area contributed by atoms with Crippen LogP contribution in [0.1, 0.15) is 30.9 Å². The number of esters is 1. The number of carbonyl (C=O) groups is 1. The fraction of sp³-hybridized carbons (Fsp3) is 0.562. The van der Waals surface area contributed by atoms with Crippen LogP contribution in [-0.4, -0.2) is 26.7 Å². The molecule has 1 N–H and O–H groups in total. The zero-order valence-corrected chi connectivity index (χ0v) is 12.7. The van der Waals surface area contributed by atoms with E-state index >= 15 is 0 Å². The van der Waals surface area contributed by atoms with E-state index in [0.29, 0.717) is 11.7 Å². The van der Waals surface area contributed by atoms with Crippen LogP contribution in [0.3, 0.4) is 0 Å². The van der Waals surface area contributed by atoms with E-state index in [2.05, 4.69) is 5.32 Å². The normalized spacial score (nSPS) is 17.4. The van der Waals surface area contributed by atoms with Gasteiger partial charge >= 0.3 is 5.97 Å². The molecule has 0 saturated heterocycles. The molecule has 20 heavy (non-hydrogen) atoms. The van der Waals surface area contributed by atoms with Crippen LogP contribution in [0.2, 0.25) is 0 Å². The van der Waals surface area contributed by atoms with Crippen molar-refractivity contribution in [2.45, 2.75) is 32.2 Å². The number of hydrogen-bond donors (Lipinski definition) is 1. The Morgan fingerprint density at radius 2 is 2.10 bits per heavy atom. The van der Waals surface area contributed by atoms with Crippen LogP contribution in [0.4, 0.5) is 0 Å². The Labute approximate surface area is 120 Å². The molecule has 1 aromatic carbocycles. The van der Waals surface area contributed by atoms with E-state index in [4.69, 9.17) is 9.47 Å². The van der Waals surface area contributed by atoms with E-state index in [1.54, 1.807) is 7.11 Å². The molecule has 0 bridgehead atoms. The molecule has 1 aromatic rings. The van der Waals surface area contributed by atoms with Crippen LogP contribution in [0.25, 0.3) is 0 Å². The molecular weight excluding hydrogens is 254 g/mol. The number of hydrogen-bond acceptors (Lipinski definition) is 4. The number of methoxy groups -OCH3 is 2. The standard InChI is InChI=1S/C16H23NO3/c1-11-5-8-14(19-3)13(9-11)16(2,15(18)20-4)17-10-12-6-7-12/h5,8-9,12,17H,6-7,10H2,1-4H3. The SMILES string of the molecule is COC(=O)C(C)(NCC1CC1)c1cc(C)ccc1OC. The van der Waals surface area contributed by atoms with Crippen molar-refractivity contribution >= 4 is 5.97 Å². The summed E-state index contributed by atoms with van der Waals surface area (Å²) in [5.41, 5.74) is 1.03. The summed E-state index contributed by atoms with van der Waals surface area (Å²) in [6, 6.07) is 5.85. The second-order valence-corrected chi connectivity index (χ2v) is 5.64. The average Bonchev–Trinajstić information content (AvgIpc) is 3.28. The highest BCUT2D eigenvalue weighted by molar-refractivity contribution is 5.83. The number of aryl methyl sites for hydroxylation is 1. The van der Waals surface area contributed by atoms with Gasteiger partial charge in [0.1, 0.15) is 11.3 Å². The lowest BCUT2D eigenvalue weighted by Crippen LogP contribution is -2.48. The van der Waals surface area contributed by atoms with Gasteiger partial charge in [-0.15, -0.1) is 0 Å². The quantitative estimate of drug-likeness (QED) is 0.811. The van der Waals surface area contributed by atoms with Crippen molar-refractivity contribution in [3.63, 3.8) is 0 Å². The van der Waals surface area contributed by atoms with Gasteiger partial charge in [0.2, 0.25) is 0 Å². The van der Waals surface area contributed by atoms with E-state index in [-0.39, 0.29) is 5.97 Å². The van der Waals surface area contributed by atoms with Crippen LogP contribution >= 0.6 is 0 Å². The van der Waals surface area contributed by atoms with Gasteiger partial charge in [-0.1, -0.05) is 11.6 Å². The molecule has 0 aromatic heterocycles. The third-order valence-corrected chi connectivity index (χ3v) is 3.93. The molecule has 0 aliphatic heterocycles. The lowest BCUT2D eigenvalue weighted by molar-refractivity contribution is -0.148. The van der Waals surface area contributed by atoms with Crippen LogP contribution in [0.5, 0.6) is 5.75 Å². The molecule has 1 aliphatic carbocycles. The second kappa shape index (κ2) is 5.83. The summed E-state index contributed by atoms with van der Waals surface area (Å²) in [4.78, 5) is 12.3. The zero-order valence-electron chi connectivity index (χ0n) is 12.7. The molecule has 0 spiro atoms. The van der Waals surface area contributed by atoms with Gasteiger partial charge in [0.05, 0.1) is 14.2 Å². The summed E-state index contributed by atoms with van der Waals surface area (Å²) < 4.78 is 10.4. The minimum atomic E-state index is -0.880. The van der Waals surface area contributed by atoms with Crippen LogP contribution in [0.15, 0.2) is 18.2 Å². The Bertz CT molecular complexity index is 496. The zero-order chi connectivity index (χ0) is 14.8. The fourth-order valence-corrected chi connectivity index (χ4v) is 2.36. The molecule has 110 valence electrons. The first-order valence-corrected chi connectivity index (χ1v) is 7.00. The molecule has 0 heterocycles. The number of benzene rings is 1. The van der Waals surface area contributed by atoms with Crippen molar-refractivity contribution in [2.75, 3.05) is 20.8 Å². The van der Waals surface area contributed by atoms with Gasteiger partial charge in [-0.2, -0.15) is 0 Å². The van der Waals surface area contributed by atoms with E-state index in [1.165, 1.54) is 20.0 Å². The summed E-state index contributed by atoms with van der Waals surface area (Å²) in [5, 5.41) is 3.37. The summed E-state index contributed by atoms with van der Waals surface area (Å²) >= 11 is 0. The molecule has 1 saturated carbocycles. The number of ether oxygens (including phenoxy) is 2.